The van der Waals surface area contributed by atoms with Crippen molar-refractivity contribution in [2.45, 2.75) is 58.4 Å². The molecule has 1 atom stereocenters. The summed E-state index contributed by atoms with van der Waals surface area (Å²) in [5.41, 5.74) is -0.729. The van der Waals surface area contributed by atoms with Crippen LogP contribution in [0.15, 0.2) is 0 Å². The van der Waals surface area contributed by atoms with Crippen molar-refractivity contribution < 1.29 is 9.59 Å². The van der Waals surface area contributed by atoms with Crippen molar-refractivity contribution in [3.8, 4) is 0 Å². The van der Waals surface area contributed by atoms with Crippen molar-refractivity contribution in [2.75, 3.05) is 25.0 Å². The summed E-state index contributed by atoms with van der Waals surface area (Å²) in [6.07, 6.45) is 1.60. The van der Waals surface area contributed by atoms with E-state index in [2.05, 4.69) is 41.6 Å². The lowest BCUT2D eigenvalue weighted by molar-refractivity contribution is -0.138. The van der Waals surface area contributed by atoms with Gasteiger partial charge in [0.1, 0.15) is 5.01 Å². The molecule has 1 aliphatic heterocycles. The number of carbonyl (C=O) groups excluding carboxylic acids is 2. The van der Waals surface area contributed by atoms with Gasteiger partial charge < -0.3 is 5.32 Å². The Kier molecular flexibility index (Phi) is 5.59. The standard InChI is InChI=1S/C16H27N5O2S/c1-6-7-16(5)12(23)17-8-9-21(16)10-11(22)18-14-20-19-13(24-14)15(2,3)4/h6-10H2,1-5H3,(H,17,23)(H,18,20,22). The second kappa shape index (κ2) is 7.14. The van der Waals surface area contributed by atoms with Gasteiger partial charge in [0.25, 0.3) is 0 Å². The molecule has 0 saturated carbocycles. The number of aromatic nitrogens is 2. The van der Waals surface area contributed by atoms with Crippen LogP contribution < -0.4 is 10.6 Å². The molecule has 0 spiro atoms. The zero-order valence-corrected chi connectivity index (χ0v) is 15.9. The fourth-order valence-corrected chi connectivity index (χ4v) is 3.62. The number of piperazine rings is 1. The molecule has 8 heteroatoms. The molecule has 0 bridgehead atoms. The van der Waals surface area contributed by atoms with Gasteiger partial charge in [-0.3, -0.25) is 19.8 Å². The summed E-state index contributed by atoms with van der Waals surface area (Å²) in [6, 6.07) is 0. The van der Waals surface area contributed by atoms with Crippen LogP contribution in [0.25, 0.3) is 0 Å². The Balaban J connectivity index is 2.03. The van der Waals surface area contributed by atoms with Crippen LogP contribution in [-0.4, -0.2) is 52.1 Å². The average molecular weight is 353 g/mol. The van der Waals surface area contributed by atoms with Crippen LogP contribution in [0.2, 0.25) is 0 Å². The van der Waals surface area contributed by atoms with Crippen LogP contribution >= 0.6 is 11.3 Å². The molecule has 1 saturated heterocycles. The first-order valence-corrected chi connectivity index (χ1v) is 9.15. The van der Waals surface area contributed by atoms with E-state index in [1.807, 2.05) is 18.7 Å². The highest BCUT2D eigenvalue weighted by Gasteiger charge is 2.41. The highest BCUT2D eigenvalue weighted by molar-refractivity contribution is 7.15. The molecule has 1 aromatic rings. The third-order valence-corrected chi connectivity index (χ3v) is 5.50. The van der Waals surface area contributed by atoms with Gasteiger partial charge in [-0.2, -0.15) is 0 Å². The maximum Gasteiger partial charge on any atom is 0.240 e. The fourth-order valence-electron chi connectivity index (χ4n) is 2.81. The van der Waals surface area contributed by atoms with Crippen LogP contribution in [0.5, 0.6) is 0 Å². The molecule has 1 unspecified atom stereocenters. The van der Waals surface area contributed by atoms with Crippen molar-refractivity contribution in [2.24, 2.45) is 0 Å². The molecular formula is C16H27N5O2S. The molecular weight excluding hydrogens is 326 g/mol. The zero-order valence-electron chi connectivity index (χ0n) is 15.1. The predicted molar refractivity (Wildman–Crippen MR) is 95.1 cm³/mol. The van der Waals surface area contributed by atoms with Crippen molar-refractivity contribution >= 4 is 28.3 Å². The largest absolute Gasteiger partial charge is 0.353 e. The highest BCUT2D eigenvalue weighted by Crippen LogP contribution is 2.28. The average Bonchev–Trinajstić information content (AvgIpc) is 2.93. The van der Waals surface area contributed by atoms with Gasteiger partial charge >= 0.3 is 0 Å². The number of hydrogen-bond acceptors (Lipinski definition) is 6. The van der Waals surface area contributed by atoms with Crippen LogP contribution in [0, 0.1) is 0 Å². The van der Waals surface area contributed by atoms with Gasteiger partial charge in [0, 0.05) is 18.5 Å². The van der Waals surface area contributed by atoms with E-state index in [-0.39, 0.29) is 23.8 Å². The number of amides is 2. The first-order valence-electron chi connectivity index (χ1n) is 8.34. The lowest BCUT2D eigenvalue weighted by Gasteiger charge is -2.43. The minimum atomic E-state index is -0.637. The van der Waals surface area contributed by atoms with E-state index in [0.29, 0.717) is 18.2 Å². The van der Waals surface area contributed by atoms with Crippen LogP contribution in [-0.2, 0) is 15.0 Å². The molecule has 2 amide bonds. The molecule has 1 aliphatic rings. The van der Waals surface area contributed by atoms with Crippen molar-refractivity contribution in [1.29, 1.82) is 0 Å². The van der Waals surface area contributed by atoms with E-state index in [1.54, 1.807) is 0 Å². The predicted octanol–water partition coefficient (Wildman–Crippen LogP) is 1.76. The molecule has 1 fully saturated rings. The number of anilines is 1. The second-order valence-electron chi connectivity index (χ2n) is 7.41. The van der Waals surface area contributed by atoms with E-state index in [9.17, 15) is 9.59 Å². The lowest BCUT2D eigenvalue weighted by atomic mass is 9.90. The summed E-state index contributed by atoms with van der Waals surface area (Å²) in [5.74, 6) is -0.169. The molecule has 134 valence electrons. The van der Waals surface area contributed by atoms with E-state index >= 15 is 0 Å². The summed E-state index contributed by atoms with van der Waals surface area (Å²) in [6.45, 7) is 11.5. The molecule has 0 aliphatic carbocycles. The molecule has 0 radical (unpaired) electrons. The number of carbonyl (C=O) groups is 2. The SMILES string of the molecule is CCCC1(C)C(=O)NCCN1CC(=O)Nc1nnc(C(C)(C)C)s1. The normalized spacial score (nSPS) is 22.3. The Morgan fingerprint density at radius 1 is 1.42 bits per heavy atom. The maximum atomic E-state index is 12.4. The van der Waals surface area contributed by atoms with Gasteiger partial charge in [0.05, 0.1) is 12.1 Å². The smallest absolute Gasteiger partial charge is 0.240 e. The lowest BCUT2D eigenvalue weighted by Crippen LogP contribution is -2.64. The van der Waals surface area contributed by atoms with Crippen LogP contribution in [0.4, 0.5) is 5.13 Å². The second-order valence-corrected chi connectivity index (χ2v) is 8.39. The molecule has 24 heavy (non-hydrogen) atoms. The summed E-state index contributed by atoms with van der Waals surface area (Å²) in [5, 5.41) is 15.3. The number of rotatable bonds is 5. The molecule has 0 aromatic carbocycles. The first kappa shape index (κ1) is 18.8. The monoisotopic (exact) mass is 353 g/mol. The Morgan fingerprint density at radius 3 is 2.71 bits per heavy atom. The fraction of sp³-hybridized carbons (Fsp3) is 0.750. The van der Waals surface area contributed by atoms with Crippen LogP contribution in [0.3, 0.4) is 0 Å². The van der Waals surface area contributed by atoms with E-state index in [4.69, 9.17) is 0 Å². The first-order chi connectivity index (χ1) is 11.2. The maximum absolute atomic E-state index is 12.4. The summed E-state index contributed by atoms with van der Waals surface area (Å²) < 4.78 is 0. The van der Waals surface area contributed by atoms with Gasteiger partial charge in [-0.25, -0.2) is 0 Å². The topological polar surface area (TPSA) is 87.2 Å². The minimum Gasteiger partial charge on any atom is -0.353 e. The number of nitrogens with one attached hydrogen (secondary N) is 2. The van der Waals surface area contributed by atoms with Crippen molar-refractivity contribution in [1.82, 2.24) is 20.4 Å². The van der Waals surface area contributed by atoms with E-state index in [1.165, 1.54) is 11.3 Å². The van der Waals surface area contributed by atoms with Gasteiger partial charge in [-0.1, -0.05) is 45.5 Å². The highest BCUT2D eigenvalue weighted by atomic mass is 32.1. The molecule has 2 rings (SSSR count). The third kappa shape index (κ3) is 4.10. The van der Waals surface area contributed by atoms with E-state index < -0.39 is 5.54 Å². The molecule has 1 aromatic heterocycles. The minimum absolute atomic E-state index is 0.00525. The molecule has 2 heterocycles. The Labute approximate surface area is 147 Å². The van der Waals surface area contributed by atoms with Crippen molar-refractivity contribution in [3.05, 3.63) is 5.01 Å². The summed E-state index contributed by atoms with van der Waals surface area (Å²) in [7, 11) is 0. The van der Waals surface area contributed by atoms with Gasteiger partial charge in [0.2, 0.25) is 16.9 Å². The number of nitrogens with zero attached hydrogens (tertiary/aromatic N) is 3. The summed E-state index contributed by atoms with van der Waals surface area (Å²) in [4.78, 5) is 26.6. The van der Waals surface area contributed by atoms with Crippen molar-refractivity contribution in [3.63, 3.8) is 0 Å². The quantitative estimate of drug-likeness (QED) is 0.842. The molecule has 2 N–H and O–H groups in total. The summed E-state index contributed by atoms with van der Waals surface area (Å²) >= 11 is 1.39. The Morgan fingerprint density at radius 2 is 2.12 bits per heavy atom. The zero-order chi connectivity index (χ0) is 18.0. The Bertz CT molecular complexity index is 610. The van der Waals surface area contributed by atoms with Gasteiger partial charge in [0.15, 0.2) is 0 Å². The molecule has 7 nitrogen and oxygen atoms in total. The van der Waals surface area contributed by atoms with Gasteiger partial charge in [-0.15, -0.1) is 10.2 Å². The van der Waals surface area contributed by atoms with E-state index in [0.717, 1.165) is 17.8 Å². The van der Waals surface area contributed by atoms with Gasteiger partial charge in [-0.05, 0) is 13.3 Å². The van der Waals surface area contributed by atoms with Crippen LogP contribution in [0.1, 0.15) is 52.5 Å². The number of hydrogen-bond donors (Lipinski definition) is 2. The Hall–Kier alpha value is -1.54. The third-order valence-electron chi connectivity index (χ3n) is 4.24.